The molecule has 0 bridgehead atoms. The van der Waals surface area contributed by atoms with Crippen LogP contribution < -0.4 is 0 Å². The average molecular weight is 318 g/mol. The average Bonchev–Trinajstić information content (AvgIpc) is 2.60. The zero-order chi connectivity index (χ0) is 17.4. The normalized spacial score (nSPS) is 15.0. The topological polar surface area (TPSA) is 20.2 Å². The number of rotatable bonds is 7. The van der Waals surface area contributed by atoms with Crippen molar-refractivity contribution in [2.45, 2.75) is 26.4 Å². The van der Waals surface area contributed by atoms with Gasteiger partial charge >= 0.3 is 0 Å². The minimum atomic E-state index is -0.526. The van der Waals surface area contributed by atoms with E-state index in [1.54, 1.807) is 0 Å². The Balaban J connectivity index is 2.08. The van der Waals surface area contributed by atoms with Gasteiger partial charge in [-0.3, -0.25) is 0 Å². The summed E-state index contributed by atoms with van der Waals surface area (Å²) in [7, 11) is 0. The van der Waals surface area contributed by atoms with Gasteiger partial charge in [0.1, 0.15) is 0 Å². The number of allylic oxidation sites excluding steroid dienone is 1. The van der Waals surface area contributed by atoms with Crippen molar-refractivity contribution in [3.05, 3.63) is 95.6 Å². The highest BCUT2D eigenvalue weighted by atomic mass is 16.3. The monoisotopic (exact) mass is 318 g/mol. The highest BCUT2D eigenvalue weighted by Gasteiger charge is 2.18. The van der Waals surface area contributed by atoms with E-state index in [0.717, 1.165) is 17.6 Å². The molecule has 0 amide bonds. The zero-order valence-corrected chi connectivity index (χ0v) is 14.5. The molecule has 0 aromatic heterocycles. The van der Waals surface area contributed by atoms with Gasteiger partial charge < -0.3 is 5.11 Å². The number of hydrogen-bond acceptors (Lipinski definition) is 1. The van der Waals surface area contributed by atoms with Gasteiger partial charge in [-0.25, -0.2) is 0 Å². The van der Waals surface area contributed by atoms with Crippen molar-refractivity contribution in [2.24, 2.45) is 5.92 Å². The lowest BCUT2D eigenvalue weighted by atomic mass is 9.89. The molecule has 2 atom stereocenters. The quantitative estimate of drug-likeness (QED) is 0.645. The predicted molar refractivity (Wildman–Crippen MR) is 104 cm³/mol. The summed E-state index contributed by atoms with van der Waals surface area (Å²) in [4.78, 5) is 0. The fourth-order valence-corrected chi connectivity index (χ4v) is 2.82. The molecular weight excluding hydrogens is 292 g/mol. The highest BCUT2D eigenvalue weighted by molar-refractivity contribution is 5.54. The lowest BCUT2D eigenvalue weighted by Crippen LogP contribution is -2.20. The van der Waals surface area contributed by atoms with Crippen LogP contribution >= 0.6 is 0 Å². The van der Waals surface area contributed by atoms with Crippen LogP contribution in [0.1, 0.15) is 31.4 Å². The Morgan fingerprint density at radius 2 is 1.42 bits per heavy atom. The van der Waals surface area contributed by atoms with E-state index in [2.05, 4.69) is 31.7 Å². The summed E-state index contributed by atoms with van der Waals surface area (Å²) < 4.78 is 0. The maximum atomic E-state index is 10.7. The first-order valence-corrected chi connectivity index (χ1v) is 8.36. The summed E-state index contributed by atoms with van der Waals surface area (Å²) >= 11 is 0. The molecular formula is C23H26O. The summed E-state index contributed by atoms with van der Waals surface area (Å²) in [6, 6.07) is 20.3. The second kappa shape index (κ2) is 9.05. The molecule has 0 saturated heterocycles. The molecule has 0 unspecified atom stereocenters. The molecule has 0 radical (unpaired) electrons. The zero-order valence-electron chi connectivity index (χ0n) is 14.5. The second-order valence-electron chi connectivity index (χ2n) is 6.25. The number of benzene rings is 2. The van der Waals surface area contributed by atoms with E-state index in [9.17, 15) is 5.11 Å². The molecule has 2 aromatic rings. The van der Waals surface area contributed by atoms with Crippen LogP contribution in [0.4, 0.5) is 0 Å². The molecule has 0 saturated carbocycles. The molecule has 2 rings (SSSR count). The minimum absolute atomic E-state index is 0.00456. The number of aliphatic hydroxyl groups is 1. The lowest BCUT2D eigenvalue weighted by molar-refractivity contribution is 0.166. The van der Waals surface area contributed by atoms with Gasteiger partial charge in [-0.1, -0.05) is 84.5 Å². The van der Waals surface area contributed by atoms with Gasteiger partial charge in [0.15, 0.2) is 0 Å². The Hall–Kier alpha value is -2.38. The van der Waals surface area contributed by atoms with Gasteiger partial charge in [-0.05, 0) is 37.0 Å². The van der Waals surface area contributed by atoms with Gasteiger partial charge in [0.2, 0.25) is 0 Å². The first-order chi connectivity index (χ1) is 11.6. The third-order valence-corrected chi connectivity index (χ3v) is 4.14. The second-order valence-corrected chi connectivity index (χ2v) is 6.25. The SMILES string of the molecule is C=C[C@@H](C/C(C)=C/c1ccccc1)[C@@H](O)/C(C)=C/c1ccccc1. The molecule has 0 spiro atoms. The molecule has 1 N–H and O–H groups in total. The summed E-state index contributed by atoms with van der Waals surface area (Å²) in [5, 5.41) is 10.7. The van der Waals surface area contributed by atoms with Crippen LogP contribution in [0.15, 0.2) is 84.5 Å². The Kier molecular flexibility index (Phi) is 6.77. The summed E-state index contributed by atoms with van der Waals surface area (Å²) in [5.74, 6) is 0.00456. The Labute approximate surface area is 145 Å². The van der Waals surface area contributed by atoms with Gasteiger partial charge in [-0.2, -0.15) is 0 Å². The smallest absolute Gasteiger partial charge is 0.0816 e. The van der Waals surface area contributed by atoms with Crippen LogP contribution in [-0.2, 0) is 0 Å². The molecule has 24 heavy (non-hydrogen) atoms. The molecule has 0 aliphatic heterocycles. The van der Waals surface area contributed by atoms with E-state index in [-0.39, 0.29) is 5.92 Å². The van der Waals surface area contributed by atoms with E-state index in [4.69, 9.17) is 0 Å². The van der Waals surface area contributed by atoms with Crippen LogP contribution in [-0.4, -0.2) is 11.2 Å². The predicted octanol–water partition coefficient (Wildman–Crippen LogP) is 5.75. The number of aliphatic hydroxyl groups excluding tert-OH is 1. The van der Waals surface area contributed by atoms with Crippen LogP contribution in [0.25, 0.3) is 12.2 Å². The molecule has 0 aliphatic rings. The first-order valence-electron chi connectivity index (χ1n) is 8.36. The molecule has 1 heteroatoms. The van der Waals surface area contributed by atoms with E-state index < -0.39 is 6.10 Å². The fraction of sp³-hybridized carbons (Fsp3) is 0.217. The highest BCUT2D eigenvalue weighted by Crippen LogP contribution is 2.24. The van der Waals surface area contributed by atoms with Crippen molar-refractivity contribution in [1.29, 1.82) is 0 Å². The van der Waals surface area contributed by atoms with Gasteiger partial charge in [0.25, 0.3) is 0 Å². The molecule has 0 fully saturated rings. The van der Waals surface area contributed by atoms with Crippen LogP contribution in [0.5, 0.6) is 0 Å². The van der Waals surface area contributed by atoms with Gasteiger partial charge in [0, 0.05) is 5.92 Å². The standard InChI is InChI=1S/C23H26O/c1-4-22(16-18(2)15-20-11-7-5-8-12-20)23(24)19(3)17-21-13-9-6-10-14-21/h4-15,17,22-24H,1,16H2,2-3H3/b18-15+,19-17+/t22-,23-/m0/s1. The Bertz CT molecular complexity index is 695. The Morgan fingerprint density at radius 1 is 0.917 bits per heavy atom. The maximum Gasteiger partial charge on any atom is 0.0816 e. The van der Waals surface area contributed by atoms with Gasteiger partial charge in [-0.15, -0.1) is 6.58 Å². The van der Waals surface area contributed by atoms with Crippen molar-refractivity contribution >= 4 is 12.2 Å². The van der Waals surface area contributed by atoms with E-state index in [1.165, 1.54) is 11.1 Å². The minimum Gasteiger partial charge on any atom is -0.388 e. The summed E-state index contributed by atoms with van der Waals surface area (Å²) in [6.45, 7) is 8.00. The van der Waals surface area contributed by atoms with Gasteiger partial charge in [0.05, 0.1) is 6.10 Å². The van der Waals surface area contributed by atoms with Crippen LogP contribution in [0, 0.1) is 5.92 Å². The molecule has 124 valence electrons. The molecule has 1 nitrogen and oxygen atoms in total. The molecule has 0 aliphatic carbocycles. The van der Waals surface area contributed by atoms with E-state index in [1.807, 2.05) is 67.6 Å². The van der Waals surface area contributed by atoms with Crippen molar-refractivity contribution in [1.82, 2.24) is 0 Å². The van der Waals surface area contributed by atoms with Crippen LogP contribution in [0.2, 0.25) is 0 Å². The molecule has 0 heterocycles. The summed E-state index contributed by atoms with van der Waals surface area (Å²) in [5.41, 5.74) is 4.48. The lowest BCUT2D eigenvalue weighted by Gasteiger charge is -2.21. The van der Waals surface area contributed by atoms with Crippen LogP contribution in [0.3, 0.4) is 0 Å². The summed E-state index contributed by atoms with van der Waals surface area (Å²) in [6.07, 6.45) is 6.33. The maximum absolute atomic E-state index is 10.7. The van der Waals surface area contributed by atoms with Crippen molar-refractivity contribution < 1.29 is 5.11 Å². The Morgan fingerprint density at radius 3 is 1.92 bits per heavy atom. The third kappa shape index (κ3) is 5.36. The third-order valence-electron chi connectivity index (χ3n) is 4.14. The van der Waals surface area contributed by atoms with Crippen molar-refractivity contribution in [3.8, 4) is 0 Å². The fourth-order valence-electron chi connectivity index (χ4n) is 2.82. The van der Waals surface area contributed by atoms with Crippen molar-refractivity contribution in [3.63, 3.8) is 0 Å². The largest absolute Gasteiger partial charge is 0.388 e. The number of hydrogen-bond donors (Lipinski definition) is 1. The first kappa shape index (κ1) is 18.0. The van der Waals surface area contributed by atoms with E-state index in [0.29, 0.717) is 0 Å². The molecule has 2 aromatic carbocycles. The van der Waals surface area contributed by atoms with Crippen molar-refractivity contribution in [2.75, 3.05) is 0 Å². The van der Waals surface area contributed by atoms with E-state index >= 15 is 0 Å².